The van der Waals surface area contributed by atoms with Crippen molar-refractivity contribution in [2.45, 2.75) is 12.8 Å². The van der Waals surface area contributed by atoms with Crippen molar-refractivity contribution in [3.05, 3.63) is 29.6 Å². The molecule has 0 heterocycles. The molecule has 0 aliphatic rings. The smallest absolute Gasteiger partial charge is 0.303 e. The molecule has 0 atom stereocenters. The first kappa shape index (κ1) is 16.9. The number of amides is 1. The topological polar surface area (TPSA) is 113 Å². The van der Waals surface area contributed by atoms with Crippen molar-refractivity contribution in [2.75, 3.05) is 17.5 Å². The molecule has 0 fully saturated rings. The van der Waals surface area contributed by atoms with Crippen LogP contribution in [0.15, 0.2) is 18.2 Å². The summed E-state index contributed by atoms with van der Waals surface area (Å²) in [5, 5.41) is 10.9. The number of hydrogen-bond donors (Lipinski definition) is 3. The van der Waals surface area contributed by atoms with E-state index in [2.05, 4.69) is 10.0 Å². The Morgan fingerprint density at radius 3 is 2.57 bits per heavy atom. The minimum absolute atomic E-state index is 0.0466. The van der Waals surface area contributed by atoms with Crippen LogP contribution < -0.4 is 10.0 Å². The van der Waals surface area contributed by atoms with Gasteiger partial charge in [-0.2, -0.15) is 0 Å². The fourth-order valence-electron chi connectivity index (χ4n) is 1.53. The van der Waals surface area contributed by atoms with Crippen molar-refractivity contribution in [1.82, 2.24) is 5.32 Å². The minimum atomic E-state index is -3.61. The molecule has 1 amide bonds. The van der Waals surface area contributed by atoms with Gasteiger partial charge in [-0.15, -0.1) is 0 Å². The lowest BCUT2D eigenvalue weighted by Crippen LogP contribution is -2.26. The number of aliphatic carboxylic acids is 1. The molecule has 0 aromatic heterocycles. The van der Waals surface area contributed by atoms with E-state index in [1.165, 1.54) is 0 Å². The first-order valence-electron chi connectivity index (χ1n) is 5.96. The number of halogens is 1. The molecule has 0 saturated heterocycles. The van der Waals surface area contributed by atoms with Crippen molar-refractivity contribution < 1.29 is 27.5 Å². The van der Waals surface area contributed by atoms with Crippen molar-refractivity contribution in [3.63, 3.8) is 0 Å². The number of carbonyl (C=O) groups is 2. The van der Waals surface area contributed by atoms with Crippen LogP contribution in [0.4, 0.5) is 10.1 Å². The summed E-state index contributed by atoms with van der Waals surface area (Å²) in [4.78, 5) is 22.2. The second-order valence-corrected chi connectivity index (χ2v) is 6.07. The third-order valence-electron chi connectivity index (χ3n) is 2.37. The molecule has 3 N–H and O–H groups in total. The van der Waals surface area contributed by atoms with Crippen molar-refractivity contribution >= 4 is 27.6 Å². The van der Waals surface area contributed by atoms with E-state index in [-0.39, 0.29) is 30.6 Å². The molecule has 1 aromatic rings. The van der Waals surface area contributed by atoms with Gasteiger partial charge in [-0.05, 0) is 24.6 Å². The maximum atomic E-state index is 13.2. The number of nitrogens with one attached hydrogen (secondary N) is 2. The van der Waals surface area contributed by atoms with Gasteiger partial charge in [0, 0.05) is 13.0 Å². The Hall–Kier alpha value is -2.16. The molecule has 1 rings (SSSR count). The molecule has 0 spiro atoms. The van der Waals surface area contributed by atoms with E-state index in [0.29, 0.717) is 0 Å². The summed E-state index contributed by atoms with van der Waals surface area (Å²) < 4.78 is 37.7. The second-order valence-electron chi connectivity index (χ2n) is 4.32. The molecule has 0 saturated carbocycles. The zero-order valence-corrected chi connectivity index (χ0v) is 12.0. The summed E-state index contributed by atoms with van der Waals surface area (Å²) in [5.41, 5.74) is -0.217. The van der Waals surface area contributed by atoms with Crippen LogP contribution in [0.1, 0.15) is 23.2 Å². The Balaban J connectivity index is 2.82. The fraction of sp³-hybridized carbons (Fsp3) is 0.333. The van der Waals surface area contributed by atoms with Gasteiger partial charge in [-0.25, -0.2) is 12.8 Å². The minimum Gasteiger partial charge on any atom is -0.481 e. The Bertz CT molecular complexity index is 645. The van der Waals surface area contributed by atoms with Crippen LogP contribution in [-0.2, 0) is 14.8 Å². The van der Waals surface area contributed by atoms with E-state index in [1.54, 1.807) is 0 Å². The van der Waals surface area contributed by atoms with Crippen LogP contribution in [0.3, 0.4) is 0 Å². The van der Waals surface area contributed by atoms with E-state index < -0.39 is 27.7 Å². The van der Waals surface area contributed by atoms with Crippen LogP contribution in [0.5, 0.6) is 0 Å². The molecule has 0 aliphatic heterocycles. The lowest BCUT2D eigenvalue weighted by molar-refractivity contribution is -0.137. The molecular weight excluding hydrogens is 303 g/mol. The van der Waals surface area contributed by atoms with Gasteiger partial charge in [0.05, 0.1) is 17.5 Å². The van der Waals surface area contributed by atoms with Crippen LogP contribution in [0, 0.1) is 5.82 Å². The zero-order chi connectivity index (χ0) is 16.0. The van der Waals surface area contributed by atoms with Crippen molar-refractivity contribution in [3.8, 4) is 0 Å². The highest BCUT2D eigenvalue weighted by Crippen LogP contribution is 2.18. The zero-order valence-electron chi connectivity index (χ0n) is 11.2. The lowest BCUT2D eigenvalue weighted by atomic mass is 10.1. The van der Waals surface area contributed by atoms with Gasteiger partial charge in [-0.1, -0.05) is 0 Å². The third kappa shape index (κ3) is 6.21. The first-order chi connectivity index (χ1) is 9.69. The SMILES string of the molecule is CS(=O)(=O)Nc1ccc(F)cc1C(=O)NCCCC(=O)O. The summed E-state index contributed by atoms with van der Waals surface area (Å²) in [6.45, 7) is 0.0833. The molecule has 0 unspecified atom stereocenters. The maximum Gasteiger partial charge on any atom is 0.303 e. The van der Waals surface area contributed by atoms with Crippen LogP contribution in [-0.4, -0.2) is 38.2 Å². The molecule has 0 bridgehead atoms. The van der Waals surface area contributed by atoms with E-state index in [9.17, 15) is 22.4 Å². The van der Waals surface area contributed by atoms with Crippen LogP contribution >= 0.6 is 0 Å². The predicted molar refractivity (Wildman–Crippen MR) is 74.1 cm³/mol. The standard InChI is InChI=1S/C12H15FN2O5S/c1-21(19,20)15-10-5-4-8(13)7-9(10)12(18)14-6-2-3-11(16)17/h4-5,7,15H,2-3,6H2,1H3,(H,14,18)(H,16,17). The summed E-state index contributed by atoms with van der Waals surface area (Å²) in [7, 11) is -3.61. The number of rotatable bonds is 7. The van der Waals surface area contributed by atoms with E-state index in [1.807, 2.05) is 0 Å². The van der Waals surface area contributed by atoms with E-state index in [0.717, 1.165) is 24.5 Å². The number of benzene rings is 1. The molecule has 7 nitrogen and oxygen atoms in total. The molecule has 1 aromatic carbocycles. The highest BCUT2D eigenvalue weighted by Gasteiger charge is 2.15. The number of hydrogen-bond acceptors (Lipinski definition) is 4. The highest BCUT2D eigenvalue weighted by molar-refractivity contribution is 7.92. The van der Waals surface area contributed by atoms with Gasteiger partial charge < -0.3 is 10.4 Å². The average Bonchev–Trinajstić information content (AvgIpc) is 2.34. The fourth-order valence-corrected chi connectivity index (χ4v) is 2.11. The number of carboxylic acid groups (broad SMARTS) is 1. The number of carbonyl (C=O) groups excluding carboxylic acids is 1. The number of sulfonamides is 1. The third-order valence-corrected chi connectivity index (χ3v) is 2.97. The normalized spacial score (nSPS) is 11.0. The van der Waals surface area contributed by atoms with Gasteiger partial charge in [0.1, 0.15) is 5.82 Å². The van der Waals surface area contributed by atoms with Crippen molar-refractivity contribution in [2.24, 2.45) is 0 Å². The van der Waals surface area contributed by atoms with Gasteiger partial charge >= 0.3 is 5.97 Å². The summed E-state index contributed by atoms with van der Waals surface area (Å²) >= 11 is 0. The van der Waals surface area contributed by atoms with Crippen LogP contribution in [0.2, 0.25) is 0 Å². The Morgan fingerprint density at radius 2 is 2.00 bits per heavy atom. The van der Waals surface area contributed by atoms with E-state index in [4.69, 9.17) is 5.11 Å². The Labute approximate surface area is 121 Å². The monoisotopic (exact) mass is 318 g/mol. The Morgan fingerprint density at radius 1 is 1.33 bits per heavy atom. The van der Waals surface area contributed by atoms with Gasteiger partial charge in [0.2, 0.25) is 10.0 Å². The molecule has 0 aliphatic carbocycles. The van der Waals surface area contributed by atoms with Gasteiger partial charge in [0.25, 0.3) is 5.91 Å². The number of anilines is 1. The molecule has 116 valence electrons. The first-order valence-corrected chi connectivity index (χ1v) is 7.85. The summed E-state index contributed by atoms with van der Waals surface area (Å²) in [5.74, 6) is -2.37. The summed E-state index contributed by atoms with van der Waals surface area (Å²) in [6, 6.07) is 3.07. The maximum absolute atomic E-state index is 13.2. The lowest BCUT2D eigenvalue weighted by Gasteiger charge is -2.11. The largest absolute Gasteiger partial charge is 0.481 e. The molecule has 9 heteroatoms. The second kappa shape index (κ2) is 7.02. The quantitative estimate of drug-likeness (QED) is 0.643. The average molecular weight is 318 g/mol. The van der Waals surface area contributed by atoms with Crippen LogP contribution in [0.25, 0.3) is 0 Å². The number of carboxylic acids is 1. The summed E-state index contributed by atoms with van der Waals surface area (Å²) in [6.07, 6.45) is 1.01. The predicted octanol–water partition coefficient (Wildman–Crippen LogP) is 0.792. The highest BCUT2D eigenvalue weighted by atomic mass is 32.2. The van der Waals surface area contributed by atoms with Gasteiger partial charge in [-0.3, -0.25) is 14.3 Å². The van der Waals surface area contributed by atoms with Crippen molar-refractivity contribution in [1.29, 1.82) is 0 Å². The molecule has 0 radical (unpaired) electrons. The Kier molecular flexibility index (Phi) is 5.65. The van der Waals surface area contributed by atoms with Gasteiger partial charge in [0.15, 0.2) is 0 Å². The van der Waals surface area contributed by atoms with E-state index >= 15 is 0 Å². The molecule has 21 heavy (non-hydrogen) atoms. The molecular formula is C12H15FN2O5S.